The molecule has 1 N–H and O–H groups in total. The van der Waals surface area contributed by atoms with Crippen molar-refractivity contribution in [3.63, 3.8) is 0 Å². The first-order valence-corrected chi connectivity index (χ1v) is 9.32. The van der Waals surface area contributed by atoms with Crippen molar-refractivity contribution in [2.24, 2.45) is 0 Å². The Balaban J connectivity index is 1.73. The summed E-state index contributed by atoms with van der Waals surface area (Å²) >= 11 is 0. The standard InChI is InChI=1S/C22H22N2O5/c1-13(25)23-16-6-4-14(5-7-16)20(26)18-11-17-15(8-9-24(18)2)10-19-22(21(17)27-3)29-12-28-19/h4-7,10-11H,8-9,12H2,1-3H3,(H,23,25). The Labute approximate surface area is 168 Å². The summed E-state index contributed by atoms with van der Waals surface area (Å²) < 4.78 is 16.7. The molecule has 4 rings (SSSR count). The maximum atomic E-state index is 13.2. The molecule has 0 spiro atoms. The van der Waals surface area contributed by atoms with Gasteiger partial charge in [-0.25, -0.2) is 0 Å². The molecule has 7 nitrogen and oxygen atoms in total. The van der Waals surface area contributed by atoms with Crippen molar-refractivity contribution in [1.82, 2.24) is 4.90 Å². The molecular formula is C22H22N2O5. The zero-order valence-corrected chi connectivity index (χ0v) is 16.6. The van der Waals surface area contributed by atoms with Crippen molar-refractivity contribution in [3.05, 3.63) is 52.7 Å². The minimum absolute atomic E-state index is 0.102. The Kier molecular flexibility index (Phi) is 4.88. The van der Waals surface area contributed by atoms with E-state index >= 15 is 0 Å². The highest BCUT2D eigenvalue weighted by atomic mass is 16.7. The van der Waals surface area contributed by atoms with E-state index in [9.17, 15) is 9.59 Å². The van der Waals surface area contributed by atoms with Gasteiger partial charge < -0.3 is 24.4 Å². The van der Waals surface area contributed by atoms with Gasteiger partial charge in [-0.3, -0.25) is 9.59 Å². The number of Topliss-reactive ketones (excluding diaryl/α,β-unsaturated/α-hetero) is 1. The number of allylic oxidation sites excluding steroid dienone is 1. The Bertz CT molecular complexity index is 1010. The number of methoxy groups -OCH3 is 1. The summed E-state index contributed by atoms with van der Waals surface area (Å²) in [6.07, 6.45) is 2.60. The van der Waals surface area contributed by atoms with Gasteiger partial charge in [0.15, 0.2) is 11.5 Å². The number of likely N-dealkylation sites (N-methyl/N-ethyl adjacent to an activating group) is 1. The lowest BCUT2D eigenvalue weighted by molar-refractivity contribution is -0.114. The fourth-order valence-corrected chi connectivity index (χ4v) is 3.60. The molecule has 1 amide bonds. The summed E-state index contributed by atoms with van der Waals surface area (Å²) in [5.41, 5.74) is 3.63. The first kappa shape index (κ1) is 18.9. The lowest BCUT2D eigenvalue weighted by atomic mass is 10.0. The number of rotatable bonds is 4. The van der Waals surface area contributed by atoms with Crippen LogP contribution in [0.15, 0.2) is 36.0 Å². The van der Waals surface area contributed by atoms with Crippen LogP contribution in [0.2, 0.25) is 0 Å². The average Bonchev–Trinajstić information content (AvgIpc) is 3.10. The third-order valence-electron chi connectivity index (χ3n) is 5.06. The zero-order valence-electron chi connectivity index (χ0n) is 16.6. The van der Waals surface area contributed by atoms with Gasteiger partial charge in [0.25, 0.3) is 0 Å². The number of ether oxygens (including phenoxy) is 3. The van der Waals surface area contributed by atoms with Crippen molar-refractivity contribution in [2.45, 2.75) is 13.3 Å². The van der Waals surface area contributed by atoms with Crippen LogP contribution in [0.1, 0.15) is 28.4 Å². The molecule has 0 aromatic heterocycles. The lowest BCUT2D eigenvalue weighted by Crippen LogP contribution is -2.24. The van der Waals surface area contributed by atoms with E-state index in [0.717, 1.165) is 17.5 Å². The maximum Gasteiger partial charge on any atom is 0.231 e. The molecule has 2 aromatic carbocycles. The zero-order chi connectivity index (χ0) is 20.5. The normalized spacial score (nSPS) is 14.6. The Morgan fingerprint density at radius 2 is 1.93 bits per heavy atom. The van der Waals surface area contributed by atoms with E-state index < -0.39 is 0 Å². The molecule has 0 fully saturated rings. The number of benzene rings is 2. The van der Waals surface area contributed by atoms with Gasteiger partial charge in [-0.05, 0) is 48.4 Å². The Morgan fingerprint density at radius 1 is 1.17 bits per heavy atom. The SMILES string of the molecule is COc1c2c(cc3c1OCO3)CCN(C)C(C(=O)c1ccc(NC(C)=O)cc1)=C2. The predicted octanol–water partition coefficient (Wildman–Crippen LogP) is 3.09. The van der Waals surface area contributed by atoms with Gasteiger partial charge in [0.1, 0.15) is 0 Å². The van der Waals surface area contributed by atoms with Crippen LogP contribution in [0, 0.1) is 0 Å². The molecule has 2 aliphatic heterocycles. The molecular weight excluding hydrogens is 372 g/mol. The Hall–Kier alpha value is -3.48. The van der Waals surface area contributed by atoms with E-state index in [1.165, 1.54) is 6.92 Å². The Morgan fingerprint density at radius 3 is 2.62 bits per heavy atom. The van der Waals surface area contributed by atoms with Gasteiger partial charge in [-0.1, -0.05) is 0 Å². The number of nitrogens with zero attached hydrogens (tertiary/aromatic N) is 1. The molecule has 0 aliphatic carbocycles. The summed E-state index contributed by atoms with van der Waals surface area (Å²) in [4.78, 5) is 26.4. The minimum atomic E-state index is -0.155. The number of ketones is 1. The van der Waals surface area contributed by atoms with Gasteiger partial charge in [0.2, 0.25) is 24.2 Å². The van der Waals surface area contributed by atoms with E-state index in [2.05, 4.69) is 5.32 Å². The second-order valence-corrected chi connectivity index (χ2v) is 7.01. The van der Waals surface area contributed by atoms with Crippen LogP contribution >= 0.6 is 0 Å². The van der Waals surface area contributed by atoms with Gasteiger partial charge in [0.05, 0.1) is 12.8 Å². The van der Waals surface area contributed by atoms with Crippen molar-refractivity contribution >= 4 is 23.5 Å². The van der Waals surface area contributed by atoms with Gasteiger partial charge in [0, 0.05) is 37.3 Å². The van der Waals surface area contributed by atoms with E-state index in [4.69, 9.17) is 14.2 Å². The van der Waals surface area contributed by atoms with Crippen molar-refractivity contribution in [3.8, 4) is 17.2 Å². The smallest absolute Gasteiger partial charge is 0.231 e. The van der Waals surface area contributed by atoms with Crippen molar-refractivity contribution in [2.75, 3.05) is 32.8 Å². The molecule has 2 aromatic rings. The molecule has 29 heavy (non-hydrogen) atoms. The number of fused-ring (bicyclic) bond motifs is 2. The van der Waals surface area contributed by atoms with E-state index in [0.29, 0.717) is 40.7 Å². The number of anilines is 1. The van der Waals surface area contributed by atoms with Gasteiger partial charge >= 0.3 is 0 Å². The van der Waals surface area contributed by atoms with E-state index in [1.54, 1.807) is 31.4 Å². The van der Waals surface area contributed by atoms with Gasteiger partial charge in [-0.15, -0.1) is 0 Å². The molecule has 7 heteroatoms. The number of hydrogen-bond acceptors (Lipinski definition) is 6. The second kappa shape index (κ2) is 7.50. The fraction of sp³-hybridized carbons (Fsp3) is 0.273. The van der Waals surface area contributed by atoms with Crippen LogP contribution in [0.25, 0.3) is 6.08 Å². The number of hydrogen-bond donors (Lipinski definition) is 1. The van der Waals surface area contributed by atoms with Crippen LogP contribution in [-0.2, 0) is 11.2 Å². The average molecular weight is 394 g/mol. The molecule has 0 atom stereocenters. The molecule has 2 aliphatic rings. The fourth-order valence-electron chi connectivity index (χ4n) is 3.60. The highest BCUT2D eigenvalue weighted by molar-refractivity contribution is 6.11. The monoisotopic (exact) mass is 394 g/mol. The molecule has 0 unspecified atom stereocenters. The predicted molar refractivity (Wildman–Crippen MR) is 109 cm³/mol. The highest BCUT2D eigenvalue weighted by Gasteiger charge is 2.28. The summed E-state index contributed by atoms with van der Waals surface area (Å²) in [7, 11) is 3.48. The summed E-state index contributed by atoms with van der Waals surface area (Å²) in [5, 5.41) is 2.70. The third kappa shape index (κ3) is 3.51. The molecule has 0 bridgehead atoms. The minimum Gasteiger partial charge on any atom is -0.492 e. The largest absolute Gasteiger partial charge is 0.492 e. The number of amides is 1. The van der Waals surface area contributed by atoms with Crippen molar-refractivity contribution < 1.29 is 23.8 Å². The number of carbonyl (C=O) groups is 2. The van der Waals surface area contributed by atoms with Crippen LogP contribution in [0.3, 0.4) is 0 Å². The topological polar surface area (TPSA) is 77.1 Å². The summed E-state index contributed by atoms with van der Waals surface area (Å²) in [6.45, 7) is 2.28. The van der Waals surface area contributed by atoms with Crippen LogP contribution < -0.4 is 19.5 Å². The van der Waals surface area contributed by atoms with Gasteiger partial charge in [-0.2, -0.15) is 0 Å². The molecule has 2 heterocycles. The maximum absolute atomic E-state index is 13.2. The molecule has 0 radical (unpaired) electrons. The van der Waals surface area contributed by atoms with E-state index in [-0.39, 0.29) is 18.5 Å². The molecule has 0 saturated heterocycles. The first-order chi connectivity index (χ1) is 14.0. The summed E-state index contributed by atoms with van der Waals surface area (Å²) in [5.74, 6) is 1.56. The van der Waals surface area contributed by atoms with Crippen LogP contribution in [0.4, 0.5) is 5.69 Å². The second-order valence-electron chi connectivity index (χ2n) is 7.01. The summed E-state index contributed by atoms with van der Waals surface area (Å²) in [6, 6.07) is 8.83. The molecule has 150 valence electrons. The quantitative estimate of drug-likeness (QED) is 0.803. The highest BCUT2D eigenvalue weighted by Crippen LogP contribution is 2.46. The molecule has 0 saturated carbocycles. The van der Waals surface area contributed by atoms with Crippen molar-refractivity contribution in [1.29, 1.82) is 0 Å². The van der Waals surface area contributed by atoms with E-state index in [1.807, 2.05) is 24.1 Å². The third-order valence-corrected chi connectivity index (χ3v) is 5.06. The lowest BCUT2D eigenvalue weighted by Gasteiger charge is -2.19. The first-order valence-electron chi connectivity index (χ1n) is 9.32. The number of carbonyl (C=O) groups excluding carboxylic acids is 2. The van der Waals surface area contributed by atoms with Crippen LogP contribution in [-0.4, -0.2) is 44.1 Å². The van der Waals surface area contributed by atoms with Crippen LogP contribution in [0.5, 0.6) is 17.2 Å². The number of nitrogens with one attached hydrogen (secondary N) is 1.